The molecule has 2 unspecified atom stereocenters. The first-order chi connectivity index (χ1) is 10.5. The lowest BCUT2D eigenvalue weighted by molar-refractivity contribution is -0.133. The van der Waals surface area contributed by atoms with Crippen LogP contribution in [0.5, 0.6) is 5.75 Å². The number of amides is 1. The summed E-state index contributed by atoms with van der Waals surface area (Å²) in [6, 6.07) is 6.36. The van der Waals surface area contributed by atoms with Crippen LogP contribution in [0, 0.1) is 19.8 Å². The number of hydrogen-bond donors (Lipinski definition) is 1. The maximum Gasteiger partial charge on any atom is 0.226 e. The lowest BCUT2D eigenvalue weighted by Crippen LogP contribution is -2.49. The molecule has 2 N–H and O–H groups in total. The number of carbonyl (C=O) groups excluding carboxylic acids is 1. The Morgan fingerprint density at radius 1 is 1.30 bits per heavy atom. The van der Waals surface area contributed by atoms with Crippen molar-refractivity contribution >= 4 is 18.3 Å². The number of rotatable bonds is 5. The predicted octanol–water partition coefficient (Wildman–Crippen LogP) is 3.08. The van der Waals surface area contributed by atoms with E-state index in [0.717, 1.165) is 31.7 Å². The van der Waals surface area contributed by atoms with Gasteiger partial charge >= 0.3 is 0 Å². The molecule has 1 heterocycles. The minimum absolute atomic E-state index is 0. The number of nitrogens with zero attached hydrogens (tertiary/aromatic N) is 1. The standard InChI is InChI=1S/C18H28N2O2.ClH/c1-4-15-12-20(7-5-17(15)19)18(21)6-8-22-16-10-13(2)9-14(3)11-16;/h9-11,15,17H,4-8,12,19H2,1-3H3;1H. The number of likely N-dealkylation sites (tertiary alicyclic amines) is 1. The van der Waals surface area contributed by atoms with Gasteiger partial charge in [0.15, 0.2) is 0 Å². The van der Waals surface area contributed by atoms with Crippen molar-refractivity contribution in [3.05, 3.63) is 29.3 Å². The molecule has 0 bridgehead atoms. The number of halogens is 1. The second-order valence-corrected chi connectivity index (χ2v) is 6.38. The van der Waals surface area contributed by atoms with Gasteiger partial charge in [-0.3, -0.25) is 4.79 Å². The lowest BCUT2D eigenvalue weighted by atomic mass is 9.90. The van der Waals surface area contributed by atoms with Crippen LogP contribution in [-0.2, 0) is 4.79 Å². The minimum Gasteiger partial charge on any atom is -0.493 e. The van der Waals surface area contributed by atoms with Gasteiger partial charge < -0.3 is 15.4 Å². The molecule has 1 aromatic carbocycles. The highest BCUT2D eigenvalue weighted by Crippen LogP contribution is 2.20. The molecule has 4 nitrogen and oxygen atoms in total. The first-order valence-electron chi connectivity index (χ1n) is 8.24. The van der Waals surface area contributed by atoms with Crippen LogP contribution in [0.25, 0.3) is 0 Å². The number of carbonyl (C=O) groups is 1. The van der Waals surface area contributed by atoms with Crippen molar-refractivity contribution in [1.82, 2.24) is 4.90 Å². The van der Waals surface area contributed by atoms with E-state index in [1.807, 2.05) is 30.9 Å². The SMILES string of the molecule is CCC1CN(C(=O)CCOc2cc(C)cc(C)c2)CCC1N.Cl. The zero-order valence-electron chi connectivity index (χ0n) is 14.4. The Morgan fingerprint density at radius 2 is 1.96 bits per heavy atom. The Bertz CT molecular complexity index is 501. The Labute approximate surface area is 145 Å². The van der Waals surface area contributed by atoms with Crippen LogP contribution in [0.2, 0.25) is 0 Å². The number of benzene rings is 1. The predicted molar refractivity (Wildman–Crippen MR) is 96.2 cm³/mol. The van der Waals surface area contributed by atoms with E-state index in [9.17, 15) is 4.79 Å². The third-order valence-corrected chi connectivity index (χ3v) is 4.45. The molecule has 0 aromatic heterocycles. The number of piperidine rings is 1. The van der Waals surface area contributed by atoms with Crippen molar-refractivity contribution in [2.24, 2.45) is 11.7 Å². The van der Waals surface area contributed by atoms with Crippen LogP contribution in [-0.4, -0.2) is 36.5 Å². The summed E-state index contributed by atoms with van der Waals surface area (Å²) in [7, 11) is 0. The number of ether oxygens (including phenoxy) is 1. The highest BCUT2D eigenvalue weighted by atomic mass is 35.5. The fourth-order valence-corrected chi connectivity index (χ4v) is 3.14. The van der Waals surface area contributed by atoms with E-state index < -0.39 is 0 Å². The molecule has 2 rings (SSSR count). The first kappa shape index (κ1) is 19.8. The van der Waals surface area contributed by atoms with Gasteiger partial charge in [0.2, 0.25) is 5.91 Å². The molecule has 1 amide bonds. The van der Waals surface area contributed by atoms with E-state index in [-0.39, 0.29) is 24.4 Å². The normalized spacial score (nSPS) is 20.8. The van der Waals surface area contributed by atoms with Crippen LogP contribution in [0.1, 0.15) is 37.3 Å². The number of hydrogen-bond acceptors (Lipinski definition) is 3. The minimum atomic E-state index is 0. The summed E-state index contributed by atoms with van der Waals surface area (Å²) in [5.74, 6) is 1.45. The summed E-state index contributed by atoms with van der Waals surface area (Å²) in [6.45, 7) is 8.24. The second-order valence-electron chi connectivity index (χ2n) is 6.38. The zero-order valence-corrected chi connectivity index (χ0v) is 15.2. The molecule has 0 aliphatic carbocycles. The smallest absolute Gasteiger partial charge is 0.226 e. The molecule has 23 heavy (non-hydrogen) atoms. The molecule has 0 radical (unpaired) electrons. The molecular formula is C18H29ClN2O2. The molecule has 1 fully saturated rings. The van der Waals surface area contributed by atoms with Crippen molar-refractivity contribution in [2.45, 2.75) is 46.1 Å². The van der Waals surface area contributed by atoms with Gasteiger partial charge in [0.25, 0.3) is 0 Å². The van der Waals surface area contributed by atoms with E-state index in [1.165, 1.54) is 11.1 Å². The van der Waals surface area contributed by atoms with Gasteiger partial charge in [0.05, 0.1) is 13.0 Å². The van der Waals surface area contributed by atoms with E-state index >= 15 is 0 Å². The number of nitrogens with two attached hydrogens (primary N) is 1. The summed E-state index contributed by atoms with van der Waals surface area (Å²) in [4.78, 5) is 14.2. The molecule has 5 heteroatoms. The van der Waals surface area contributed by atoms with Crippen LogP contribution in [0.3, 0.4) is 0 Å². The molecule has 0 saturated carbocycles. The van der Waals surface area contributed by atoms with Crippen LogP contribution >= 0.6 is 12.4 Å². The quantitative estimate of drug-likeness (QED) is 0.896. The van der Waals surface area contributed by atoms with E-state index in [1.54, 1.807) is 0 Å². The van der Waals surface area contributed by atoms with Crippen LogP contribution in [0.15, 0.2) is 18.2 Å². The van der Waals surface area contributed by atoms with E-state index in [4.69, 9.17) is 10.5 Å². The highest BCUT2D eigenvalue weighted by molar-refractivity contribution is 5.85. The molecule has 0 spiro atoms. The molecule has 1 aliphatic heterocycles. The maximum absolute atomic E-state index is 12.3. The second kappa shape index (κ2) is 9.14. The molecular weight excluding hydrogens is 312 g/mol. The Morgan fingerprint density at radius 3 is 2.57 bits per heavy atom. The van der Waals surface area contributed by atoms with Gasteiger partial charge in [0, 0.05) is 19.1 Å². The molecule has 130 valence electrons. The van der Waals surface area contributed by atoms with Gasteiger partial charge in [-0.1, -0.05) is 19.4 Å². The largest absolute Gasteiger partial charge is 0.493 e. The van der Waals surface area contributed by atoms with Crippen molar-refractivity contribution in [3.8, 4) is 5.75 Å². The fraction of sp³-hybridized carbons (Fsp3) is 0.611. The van der Waals surface area contributed by atoms with Gasteiger partial charge in [0.1, 0.15) is 5.75 Å². The lowest BCUT2D eigenvalue weighted by Gasteiger charge is -2.36. The van der Waals surface area contributed by atoms with Gasteiger partial charge in [-0.2, -0.15) is 0 Å². The number of aryl methyl sites for hydroxylation is 2. The van der Waals surface area contributed by atoms with Gasteiger partial charge in [-0.15, -0.1) is 12.4 Å². The van der Waals surface area contributed by atoms with Crippen LogP contribution in [0.4, 0.5) is 0 Å². The zero-order chi connectivity index (χ0) is 16.1. The third kappa shape index (κ3) is 5.70. The Kier molecular flexibility index (Phi) is 7.86. The average Bonchev–Trinajstić information content (AvgIpc) is 2.46. The summed E-state index contributed by atoms with van der Waals surface area (Å²) in [5.41, 5.74) is 8.45. The molecule has 1 aromatic rings. The maximum atomic E-state index is 12.3. The molecule has 1 saturated heterocycles. The first-order valence-corrected chi connectivity index (χ1v) is 8.24. The highest BCUT2D eigenvalue weighted by Gasteiger charge is 2.27. The van der Waals surface area contributed by atoms with Crippen molar-refractivity contribution in [2.75, 3.05) is 19.7 Å². The Balaban J connectivity index is 0.00000264. The summed E-state index contributed by atoms with van der Waals surface area (Å²) >= 11 is 0. The van der Waals surface area contributed by atoms with E-state index in [0.29, 0.717) is 18.9 Å². The molecule has 1 aliphatic rings. The fourth-order valence-electron chi connectivity index (χ4n) is 3.14. The van der Waals surface area contributed by atoms with Crippen LogP contribution < -0.4 is 10.5 Å². The van der Waals surface area contributed by atoms with Gasteiger partial charge in [-0.05, 0) is 49.4 Å². The van der Waals surface area contributed by atoms with Crippen molar-refractivity contribution < 1.29 is 9.53 Å². The average molecular weight is 341 g/mol. The third-order valence-electron chi connectivity index (χ3n) is 4.45. The topological polar surface area (TPSA) is 55.6 Å². The van der Waals surface area contributed by atoms with Crippen molar-refractivity contribution in [1.29, 1.82) is 0 Å². The van der Waals surface area contributed by atoms with Crippen molar-refractivity contribution in [3.63, 3.8) is 0 Å². The van der Waals surface area contributed by atoms with Gasteiger partial charge in [-0.25, -0.2) is 0 Å². The molecule has 2 atom stereocenters. The summed E-state index contributed by atoms with van der Waals surface area (Å²) in [6.07, 6.45) is 2.37. The Hall–Kier alpha value is -1.26. The summed E-state index contributed by atoms with van der Waals surface area (Å²) in [5, 5.41) is 0. The summed E-state index contributed by atoms with van der Waals surface area (Å²) < 4.78 is 5.73. The monoisotopic (exact) mass is 340 g/mol. The van der Waals surface area contributed by atoms with E-state index in [2.05, 4.69) is 13.0 Å².